The third-order valence-corrected chi connectivity index (χ3v) is 2.83. The van der Waals surface area contributed by atoms with Gasteiger partial charge in [-0.15, -0.1) is 0 Å². The molecule has 0 radical (unpaired) electrons. The smallest absolute Gasteiger partial charge is 0.326 e. The van der Waals surface area contributed by atoms with Gasteiger partial charge in [0.2, 0.25) is 11.8 Å². The van der Waals surface area contributed by atoms with E-state index in [-0.39, 0.29) is 17.7 Å². The number of hydrogen-bond acceptors (Lipinski definition) is 3. The summed E-state index contributed by atoms with van der Waals surface area (Å²) in [6, 6.07) is -0.829. The summed E-state index contributed by atoms with van der Waals surface area (Å²) in [5.41, 5.74) is 0. The van der Waals surface area contributed by atoms with Crippen molar-refractivity contribution in [1.82, 2.24) is 10.6 Å². The van der Waals surface area contributed by atoms with Gasteiger partial charge in [-0.25, -0.2) is 4.79 Å². The molecule has 0 saturated carbocycles. The zero-order valence-electron chi connectivity index (χ0n) is 9.86. The minimum absolute atomic E-state index is 0.0580. The van der Waals surface area contributed by atoms with Crippen LogP contribution in [0.3, 0.4) is 0 Å². The first-order chi connectivity index (χ1) is 8.04. The second kappa shape index (κ2) is 6.22. The second-order valence-electron chi connectivity index (χ2n) is 4.23. The van der Waals surface area contributed by atoms with E-state index in [4.69, 9.17) is 5.11 Å². The fraction of sp³-hybridized carbons (Fsp3) is 0.727. The number of carbonyl (C=O) groups excluding carboxylic acids is 2. The Hall–Kier alpha value is -1.59. The van der Waals surface area contributed by atoms with Crippen molar-refractivity contribution >= 4 is 17.8 Å². The van der Waals surface area contributed by atoms with Crippen LogP contribution in [0.5, 0.6) is 0 Å². The summed E-state index contributed by atoms with van der Waals surface area (Å²) in [4.78, 5) is 33.6. The van der Waals surface area contributed by atoms with E-state index < -0.39 is 12.0 Å². The topological polar surface area (TPSA) is 95.5 Å². The molecule has 0 aromatic carbocycles. The van der Waals surface area contributed by atoms with Gasteiger partial charge in [0.15, 0.2) is 0 Å². The molecule has 0 aromatic rings. The monoisotopic (exact) mass is 242 g/mol. The minimum atomic E-state index is -1.01. The molecule has 6 heteroatoms. The van der Waals surface area contributed by atoms with E-state index in [1.807, 2.05) is 6.92 Å². The van der Waals surface area contributed by atoms with Crippen LogP contribution in [0.25, 0.3) is 0 Å². The van der Waals surface area contributed by atoms with Crippen LogP contribution in [0.15, 0.2) is 0 Å². The van der Waals surface area contributed by atoms with E-state index in [2.05, 4.69) is 10.6 Å². The Balaban J connectivity index is 2.46. The SMILES string of the molecule is CCCC(NC(=O)C1CCC(=O)NC1)C(=O)O. The van der Waals surface area contributed by atoms with E-state index in [1.54, 1.807) is 0 Å². The fourth-order valence-corrected chi connectivity index (χ4v) is 1.79. The Kier molecular flexibility index (Phi) is 4.93. The maximum atomic E-state index is 11.8. The van der Waals surface area contributed by atoms with Crippen molar-refractivity contribution in [3.63, 3.8) is 0 Å². The number of aliphatic carboxylic acids is 1. The standard InChI is InChI=1S/C11H18N2O4/c1-2-3-8(11(16)17)13-10(15)7-4-5-9(14)12-6-7/h7-8H,2-6H2,1H3,(H,12,14)(H,13,15)(H,16,17). The lowest BCUT2D eigenvalue weighted by Crippen LogP contribution is -2.48. The maximum absolute atomic E-state index is 11.8. The van der Waals surface area contributed by atoms with Gasteiger partial charge in [-0.3, -0.25) is 9.59 Å². The molecule has 1 rings (SSSR count). The zero-order chi connectivity index (χ0) is 12.8. The van der Waals surface area contributed by atoms with E-state index in [1.165, 1.54) is 0 Å². The molecule has 1 heterocycles. The van der Waals surface area contributed by atoms with Gasteiger partial charge >= 0.3 is 5.97 Å². The number of rotatable bonds is 5. The highest BCUT2D eigenvalue weighted by Gasteiger charge is 2.27. The largest absolute Gasteiger partial charge is 0.480 e. The molecule has 2 atom stereocenters. The second-order valence-corrected chi connectivity index (χ2v) is 4.23. The highest BCUT2D eigenvalue weighted by Crippen LogP contribution is 2.11. The van der Waals surface area contributed by atoms with Gasteiger partial charge in [-0.2, -0.15) is 0 Å². The molecule has 1 fully saturated rings. The molecule has 2 amide bonds. The van der Waals surface area contributed by atoms with Gasteiger partial charge < -0.3 is 15.7 Å². The molecule has 2 unspecified atom stereocenters. The summed E-state index contributed by atoms with van der Waals surface area (Å²) in [7, 11) is 0. The van der Waals surface area contributed by atoms with E-state index in [0.29, 0.717) is 32.2 Å². The third-order valence-electron chi connectivity index (χ3n) is 2.83. The van der Waals surface area contributed by atoms with Crippen LogP contribution in [0.4, 0.5) is 0 Å². The predicted octanol–water partition coefficient (Wildman–Crippen LogP) is -0.118. The number of amides is 2. The van der Waals surface area contributed by atoms with Crippen LogP contribution in [-0.4, -0.2) is 35.5 Å². The molecule has 96 valence electrons. The van der Waals surface area contributed by atoms with Gasteiger partial charge in [0.05, 0.1) is 5.92 Å². The third kappa shape index (κ3) is 4.05. The summed E-state index contributed by atoms with van der Waals surface area (Å²) >= 11 is 0. The average Bonchev–Trinajstić information content (AvgIpc) is 2.29. The lowest BCUT2D eigenvalue weighted by atomic mass is 9.97. The summed E-state index contributed by atoms with van der Waals surface area (Å²) in [6.45, 7) is 2.16. The predicted molar refractivity (Wildman–Crippen MR) is 60.2 cm³/mol. The average molecular weight is 242 g/mol. The minimum Gasteiger partial charge on any atom is -0.480 e. The van der Waals surface area contributed by atoms with Crippen LogP contribution in [0.1, 0.15) is 32.6 Å². The van der Waals surface area contributed by atoms with E-state index in [9.17, 15) is 14.4 Å². The van der Waals surface area contributed by atoms with Crippen LogP contribution in [-0.2, 0) is 14.4 Å². The van der Waals surface area contributed by atoms with Crippen molar-refractivity contribution < 1.29 is 19.5 Å². The molecule has 3 N–H and O–H groups in total. The highest BCUT2D eigenvalue weighted by molar-refractivity contribution is 5.87. The Morgan fingerprint density at radius 3 is 2.76 bits per heavy atom. The molecule has 1 aliphatic heterocycles. The molecule has 0 aromatic heterocycles. The van der Waals surface area contributed by atoms with Gasteiger partial charge in [0.1, 0.15) is 6.04 Å². The van der Waals surface area contributed by atoms with Gasteiger partial charge in [-0.05, 0) is 12.8 Å². The number of hydrogen-bond donors (Lipinski definition) is 3. The van der Waals surface area contributed by atoms with Gasteiger partial charge in [0.25, 0.3) is 0 Å². The lowest BCUT2D eigenvalue weighted by molar-refractivity contribution is -0.143. The molecular formula is C11H18N2O4. The normalized spacial score (nSPS) is 21.5. The van der Waals surface area contributed by atoms with E-state index >= 15 is 0 Å². The van der Waals surface area contributed by atoms with Crippen molar-refractivity contribution in [3.05, 3.63) is 0 Å². The molecule has 1 saturated heterocycles. The fourth-order valence-electron chi connectivity index (χ4n) is 1.79. The van der Waals surface area contributed by atoms with Gasteiger partial charge in [-0.1, -0.05) is 13.3 Å². The summed E-state index contributed by atoms with van der Waals surface area (Å²) in [5.74, 6) is -1.67. The number of carboxylic acids is 1. The molecule has 17 heavy (non-hydrogen) atoms. The first-order valence-corrected chi connectivity index (χ1v) is 5.84. The Morgan fingerprint density at radius 1 is 1.59 bits per heavy atom. The van der Waals surface area contributed by atoms with Gasteiger partial charge in [0, 0.05) is 13.0 Å². The molecule has 0 bridgehead atoms. The van der Waals surface area contributed by atoms with Crippen LogP contribution >= 0.6 is 0 Å². The zero-order valence-corrected chi connectivity index (χ0v) is 9.86. The van der Waals surface area contributed by atoms with Crippen LogP contribution < -0.4 is 10.6 Å². The first-order valence-electron chi connectivity index (χ1n) is 5.84. The van der Waals surface area contributed by atoms with Crippen molar-refractivity contribution in [1.29, 1.82) is 0 Å². The molecule has 1 aliphatic rings. The quantitative estimate of drug-likeness (QED) is 0.626. The maximum Gasteiger partial charge on any atom is 0.326 e. The summed E-state index contributed by atoms with van der Waals surface area (Å²) in [5, 5.41) is 14.0. The summed E-state index contributed by atoms with van der Waals surface area (Å²) < 4.78 is 0. The number of nitrogens with one attached hydrogen (secondary N) is 2. The number of carboxylic acid groups (broad SMARTS) is 1. The molecule has 6 nitrogen and oxygen atoms in total. The Labute approximate surface area is 99.8 Å². The molecule has 0 aliphatic carbocycles. The number of carbonyl (C=O) groups is 3. The molecule has 0 spiro atoms. The Bertz CT molecular complexity index is 307. The van der Waals surface area contributed by atoms with Crippen LogP contribution in [0.2, 0.25) is 0 Å². The first kappa shape index (κ1) is 13.5. The lowest BCUT2D eigenvalue weighted by Gasteiger charge is -2.23. The molecular weight excluding hydrogens is 224 g/mol. The summed E-state index contributed by atoms with van der Waals surface area (Å²) in [6.07, 6.45) is 1.92. The van der Waals surface area contributed by atoms with E-state index in [0.717, 1.165) is 0 Å². The van der Waals surface area contributed by atoms with Crippen molar-refractivity contribution in [2.45, 2.75) is 38.6 Å². The Morgan fingerprint density at radius 2 is 2.29 bits per heavy atom. The van der Waals surface area contributed by atoms with Crippen LogP contribution in [0, 0.1) is 5.92 Å². The van der Waals surface area contributed by atoms with Crippen molar-refractivity contribution in [2.75, 3.05) is 6.54 Å². The van der Waals surface area contributed by atoms with Crippen molar-refractivity contribution in [2.24, 2.45) is 5.92 Å². The van der Waals surface area contributed by atoms with Crippen molar-refractivity contribution in [3.8, 4) is 0 Å². The highest BCUT2D eigenvalue weighted by atomic mass is 16.4. The number of piperidine rings is 1.